The molecule has 2 aliphatic rings. The number of carbonyl (C=O) groups excluding carboxylic acids is 2. The summed E-state index contributed by atoms with van der Waals surface area (Å²) in [6.45, 7) is 7.33. The summed E-state index contributed by atoms with van der Waals surface area (Å²) in [6.07, 6.45) is 5.78. The Balaban J connectivity index is 1.72. The van der Waals surface area contributed by atoms with E-state index in [1.807, 2.05) is 34.9 Å². The molecule has 2 saturated heterocycles. The molecule has 1 aromatic rings. The summed E-state index contributed by atoms with van der Waals surface area (Å²) in [5, 5.41) is 0. The Bertz CT molecular complexity index is 703. The van der Waals surface area contributed by atoms with Crippen molar-refractivity contribution in [2.75, 3.05) is 33.3 Å². The Kier molecular flexibility index (Phi) is 6.08. The van der Waals surface area contributed by atoms with Gasteiger partial charge in [0.05, 0.1) is 7.11 Å². The average Bonchev–Trinajstić information content (AvgIpc) is 2.68. The van der Waals surface area contributed by atoms with E-state index in [0.717, 1.165) is 75.2 Å². The second kappa shape index (κ2) is 8.32. The molecule has 0 aromatic heterocycles. The maximum absolute atomic E-state index is 13.1. The van der Waals surface area contributed by atoms with Gasteiger partial charge in [-0.1, -0.05) is 13.3 Å². The van der Waals surface area contributed by atoms with Crippen molar-refractivity contribution in [3.05, 3.63) is 29.3 Å². The van der Waals surface area contributed by atoms with Gasteiger partial charge in [-0.25, -0.2) is 0 Å². The van der Waals surface area contributed by atoms with Crippen molar-refractivity contribution in [1.29, 1.82) is 0 Å². The Labute approximate surface area is 162 Å². The molecule has 2 amide bonds. The number of ether oxygens (including phenoxy) is 1. The Hall–Kier alpha value is -2.04. The van der Waals surface area contributed by atoms with Gasteiger partial charge in [0.1, 0.15) is 5.75 Å². The van der Waals surface area contributed by atoms with Crippen LogP contribution >= 0.6 is 0 Å². The van der Waals surface area contributed by atoms with Crippen LogP contribution in [0.4, 0.5) is 0 Å². The first-order chi connectivity index (χ1) is 13.0. The van der Waals surface area contributed by atoms with Crippen LogP contribution in [-0.4, -0.2) is 54.9 Å². The van der Waals surface area contributed by atoms with E-state index < -0.39 is 0 Å². The maximum atomic E-state index is 13.1. The number of hydrogen-bond acceptors (Lipinski definition) is 3. The molecule has 0 aliphatic carbocycles. The molecule has 27 heavy (non-hydrogen) atoms. The van der Waals surface area contributed by atoms with Crippen LogP contribution < -0.4 is 4.74 Å². The molecule has 0 unspecified atom stereocenters. The number of benzene rings is 1. The zero-order valence-electron chi connectivity index (χ0n) is 16.9. The summed E-state index contributed by atoms with van der Waals surface area (Å²) in [4.78, 5) is 29.4. The number of hydrogen-bond donors (Lipinski definition) is 0. The van der Waals surface area contributed by atoms with Crippen LogP contribution in [0.2, 0.25) is 0 Å². The third-order valence-electron chi connectivity index (χ3n) is 6.12. The van der Waals surface area contributed by atoms with E-state index in [9.17, 15) is 9.59 Å². The van der Waals surface area contributed by atoms with E-state index in [-0.39, 0.29) is 17.2 Å². The van der Waals surface area contributed by atoms with Crippen LogP contribution in [0.1, 0.15) is 61.4 Å². The van der Waals surface area contributed by atoms with Crippen LogP contribution in [0.25, 0.3) is 0 Å². The first kappa shape index (κ1) is 19.7. The third-order valence-corrected chi connectivity index (χ3v) is 6.12. The lowest BCUT2D eigenvalue weighted by Crippen LogP contribution is -2.55. The number of piperidine rings is 2. The minimum Gasteiger partial charge on any atom is -0.496 e. The lowest BCUT2D eigenvalue weighted by Gasteiger charge is -2.48. The van der Waals surface area contributed by atoms with E-state index in [1.54, 1.807) is 7.11 Å². The SMILES string of the molecule is CCCCN1C[C@]2(CCCN(C(=O)c3ccc(OC)c(C)c3)C2)CCC1=O. The van der Waals surface area contributed by atoms with Crippen molar-refractivity contribution in [3.8, 4) is 5.75 Å². The summed E-state index contributed by atoms with van der Waals surface area (Å²) in [5.74, 6) is 1.18. The highest BCUT2D eigenvalue weighted by Crippen LogP contribution is 2.39. The molecule has 1 spiro atoms. The minimum atomic E-state index is 0.0665. The van der Waals surface area contributed by atoms with E-state index in [4.69, 9.17) is 4.74 Å². The zero-order valence-corrected chi connectivity index (χ0v) is 16.9. The molecule has 1 aromatic carbocycles. The van der Waals surface area contributed by atoms with Crippen molar-refractivity contribution in [3.63, 3.8) is 0 Å². The normalized spacial score (nSPS) is 23.0. The summed E-state index contributed by atoms with van der Waals surface area (Å²) >= 11 is 0. The number of likely N-dealkylation sites (tertiary alicyclic amines) is 2. The van der Waals surface area contributed by atoms with Crippen LogP contribution in [0, 0.1) is 12.3 Å². The standard InChI is InChI=1S/C22H32N2O3/c1-4-5-12-23-15-22(11-9-20(23)25)10-6-13-24(16-22)21(26)18-7-8-19(27-3)17(2)14-18/h7-8,14H,4-6,9-13,15-16H2,1-3H3/t22-/m0/s1. The summed E-state index contributed by atoms with van der Waals surface area (Å²) in [7, 11) is 1.65. The zero-order chi connectivity index (χ0) is 19.4. The van der Waals surface area contributed by atoms with E-state index in [2.05, 4.69) is 6.92 Å². The average molecular weight is 373 g/mol. The van der Waals surface area contributed by atoms with Gasteiger partial charge in [0.25, 0.3) is 5.91 Å². The first-order valence-corrected chi connectivity index (χ1v) is 10.2. The number of unbranched alkanes of at least 4 members (excludes halogenated alkanes) is 1. The van der Waals surface area contributed by atoms with Gasteiger partial charge in [0, 0.05) is 43.6 Å². The number of methoxy groups -OCH3 is 1. The fourth-order valence-corrected chi connectivity index (χ4v) is 4.56. The van der Waals surface area contributed by atoms with Crippen molar-refractivity contribution in [2.45, 2.75) is 52.4 Å². The quantitative estimate of drug-likeness (QED) is 0.793. The highest BCUT2D eigenvalue weighted by Gasteiger charge is 2.42. The monoisotopic (exact) mass is 372 g/mol. The largest absolute Gasteiger partial charge is 0.496 e. The van der Waals surface area contributed by atoms with Crippen LogP contribution in [0.5, 0.6) is 5.75 Å². The molecule has 0 N–H and O–H groups in total. The molecule has 2 heterocycles. The Morgan fingerprint density at radius 3 is 2.78 bits per heavy atom. The summed E-state index contributed by atoms with van der Waals surface area (Å²) in [5.41, 5.74) is 1.76. The Morgan fingerprint density at radius 2 is 2.07 bits per heavy atom. The molecule has 3 rings (SSSR count). The molecular formula is C22H32N2O3. The molecule has 2 fully saturated rings. The highest BCUT2D eigenvalue weighted by atomic mass is 16.5. The highest BCUT2D eigenvalue weighted by molar-refractivity contribution is 5.94. The number of carbonyl (C=O) groups is 2. The van der Waals surface area contributed by atoms with Crippen LogP contribution in [0.15, 0.2) is 18.2 Å². The smallest absolute Gasteiger partial charge is 0.253 e. The van der Waals surface area contributed by atoms with Crippen LogP contribution in [0.3, 0.4) is 0 Å². The van der Waals surface area contributed by atoms with Crippen molar-refractivity contribution < 1.29 is 14.3 Å². The molecule has 0 radical (unpaired) electrons. The Morgan fingerprint density at radius 1 is 1.26 bits per heavy atom. The molecule has 0 bridgehead atoms. The van der Waals surface area contributed by atoms with Crippen molar-refractivity contribution in [2.24, 2.45) is 5.41 Å². The fourth-order valence-electron chi connectivity index (χ4n) is 4.56. The summed E-state index contributed by atoms with van der Waals surface area (Å²) < 4.78 is 5.31. The molecule has 5 nitrogen and oxygen atoms in total. The van der Waals surface area contributed by atoms with Crippen molar-refractivity contribution in [1.82, 2.24) is 9.80 Å². The van der Waals surface area contributed by atoms with Gasteiger partial charge < -0.3 is 14.5 Å². The van der Waals surface area contributed by atoms with Gasteiger partial charge in [-0.3, -0.25) is 9.59 Å². The maximum Gasteiger partial charge on any atom is 0.253 e. The van der Waals surface area contributed by atoms with E-state index >= 15 is 0 Å². The van der Waals surface area contributed by atoms with Crippen molar-refractivity contribution >= 4 is 11.8 Å². The predicted octanol–water partition coefficient (Wildman–Crippen LogP) is 3.65. The molecule has 5 heteroatoms. The second-order valence-corrected chi connectivity index (χ2v) is 8.18. The molecule has 1 atom stereocenters. The lowest BCUT2D eigenvalue weighted by atomic mass is 9.73. The molecule has 0 saturated carbocycles. The molecule has 2 aliphatic heterocycles. The second-order valence-electron chi connectivity index (χ2n) is 8.18. The van der Waals surface area contributed by atoms with Gasteiger partial charge in [0.15, 0.2) is 0 Å². The van der Waals surface area contributed by atoms with Gasteiger partial charge >= 0.3 is 0 Å². The van der Waals surface area contributed by atoms with Gasteiger partial charge in [-0.2, -0.15) is 0 Å². The number of nitrogens with zero attached hydrogens (tertiary/aromatic N) is 2. The molecular weight excluding hydrogens is 340 g/mol. The van der Waals surface area contributed by atoms with Gasteiger partial charge in [0.2, 0.25) is 5.91 Å². The summed E-state index contributed by atoms with van der Waals surface area (Å²) in [6, 6.07) is 5.64. The predicted molar refractivity (Wildman–Crippen MR) is 106 cm³/mol. The topological polar surface area (TPSA) is 49.9 Å². The third kappa shape index (κ3) is 4.28. The number of amides is 2. The lowest BCUT2D eigenvalue weighted by molar-refractivity contribution is -0.139. The number of aryl methyl sites for hydroxylation is 1. The fraction of sp³-hybridized carbons (Fsp3) is 0.636. The van der Waals surface area contributed by atoms with Gasteiger partial charge in [-0.15, -0.1) is 0 Å². The van der Waals surface area contributed by atoms with Crippen LogP contribution in [-0.2, 0) is 4.79 Å². The molecule has 148 valence electrons. The van der Waals surface area contributed by atoms with E-state index in [0.29, 0.717) is 6.42 Å². The number of rotatable bonds is 5. The van der Waals surface area contributed by atoms with E-state index in [1.165, 1.54) is 0 Å². The van der Waals surface area contributed by atoms with Gasteiger partial charge in [-0.05, 0) is 56.4 Å². The first-order valence-electron chi connectivity index (χ1n) is 10.2. The minimum absolute atomic E-state index is 0.0665.